The van der Waals surface area contributed by atoms with E-state index in [1.165, 1.54) is 0 Å². The van der Waals surface area contributed by atoms with Crippen molar-refractivity contribution in [2.45, 2.75) is 67.3 Å². The second-order valence-corrected chi connectivity index (χ2v) is 11.3. The Morgan fingerprint density at radius 2 is 1.63 bits per heavy atom. The number of fused-ring (bicyclic) bond motifs is 1. The number of aromatic nitrogens is 2. The molecule has 0 saturated carbocycles. The molecule has 2 heterocycles. The molecule has 1 aromatic heterocycles. The van der Waals surface area contributed by atoms with Gasteiger partial charge in [0.05, 0.1) is 0 Å². The highest BCUT2D eigenvalue weighted by atomic mass is 16.2. The number of hydrogen-bond donors (Lipinski definition) is 1. The van der Waals surface area contributed by atoms with Gasteiger partial charge in [-0.3, -0.25) is 9.59 Å². The highest BCUT2D eigenvalue weighted by molar-refractivity contribution is 5.94. The average Bonchev–Trinajstić information content (AvgIpc) is 2.86. The van der Waals surface area contributed by atoms with Crippen molar-refractivity contribution in [2.75, 3.05) is 49.5 Å². The number of nitrogens with one attached hydrogen (secondary N) is 1. The number of anilines is 2. The molecule has 1 N–H and O–H groups in total. The van der Waals surface area contributed by atoms with E-state index in [9.17, 15) is 9.59 Å². The molecule has 208 valence electrons. The van der Waals surface area contributed by atoms with Gasteiger partial charge in [0.1, 0.15) is 0 Å². The van der Waals surface area contributed by atoms with Gasteiger partial charge in [0.2, 0.25) is 17.8 Å². The van der Waals surface area contributed by atoms with E-state index in [-0.39, 0.29) is 17.7 Å². The third-order valence-electron chi connectivity index (χ3n) is 6.65. The first-order valence-corrected chi connectivity index (χ1v) is 14.1. The van der Waals surface area contributed by atoms with E-state index in [1.54, 1.807) is 0 Å². The van der Waals surface area contributed by atoms with Gasteiger partial charge in [-0.15, -0.1) is 0 Å². The van der Waals surface area contributed by atoms with Crippen molar-refractivity contribution in [2.24, 2.45) is 11.8 Å². The first kappa shape index (κ1) is 29.6. The zero-order valence-corrected chi connectivity index (χ0v) is 24.2. The van der Waals surface area contributed by atoms with E-state index in [2.05, 4.69) is 53.9 Å². The van der Waals surface area contributed by atoms with Gasteiger partial charge in [-0.2, -0.15) is 0 Å². The molecule has 2 aromatic rings. The second kappa shape index (κ2) is 14.2. The van der Waals surface area contributed by atoms with Crippen LogP contribution in [0.3, 0.4) is 0 Å². The molecule has 0 bridgehead atoms. The van der Waals surface area contributed by atoms with Crippen molar-refractivity contribution in [1.82, 2.24) is 19.8 Å². The predicted molar refractivity (Wildman–Crippen MR) is 154 cm³/mol. The molecule has 3 rings (SSSR count). The van der Waals surface area contributed by atoms with E-state index in [4.69, 9.17) is 0 Å². The second-order valence-electron chi connectivity index (χ2n) is 11.3. The Labute approximate surface area is 228 Å². The van der Waals surface area contributed by atoms with E-state index < -0.39 is 0 Å². The minimum atomic E-state index is 0.0838. The highest BCUT2D eigenvalue weighted by Crippen LogP contribution is 2.25. The number of nitrogens with zero attached hydrogens (tertiary/aromatic N) is 5. The molecule has 0 fully saturated rings. The van der Waals surface area contributed by atoms with Crippen LogP contribution in [0.15, 0.2) is 30.3 Å². The van der Waals surface area contributed by atoms with Gasteiger partial charge < -0.3 is 20.0 Å². The molecule has 0 aliphatic carbocycles. The van der Waals surface area contributed by atoms with Crippen molar-refractivity contribution < 1.29 is 9.59 Å². The van der Waals surface area contributed by atoms with Crippen molar-refractivity contribution in [1.29, 1.82) is 0 Å². The lowest BCUT2D eigenvalue weighted by molar-refractivity contribution is -0.131. The first-order chi connectivity index (χ1) is 18.1. The molecule has 1 aliphatic heterocycles. The molecule has 8 heteroatoms. The zero-order chi connectivity index (χ0) is 27.7. The Morgan fingerprint density at radius 1 is 0.921 bits per heavy atom. The van der Waals surface area contributed by atoms with Gasteiger partial charge in [-0.05, 0) is 56.3 Å². The average molecular weight is 523 g/mol. The van der Waals surface area contributed by atoms with Gasteiger partial charge in [0.15, 0.2) is 0 Å². The number of amides is 2. The molecule has 0 saturated heterocycles. The fourth-order valence-corrected chi connectivity index (χ4v) is 5.01. The van der Waals surface area contributed by atoms with Crippen LogP contribution in [0.5, 0.6) is 0 Å². The van der Waals surface area contributed by atoms with E-state index in [1.807, 2.05) is 47.9 Å². The Hall–Kier alpha value is -3.00. The molecule has 0 atom stereocenters. The molecular formula is C30H46N6O2. The number of rotatable bonds is 8. The van der Waals surface area contributed by atoms with Crippen LogP contribution in [0.1, 0.15) is 63.9 Å². The molecule has 1 aromatic carbocycles. The highest BCUT2D eigenvalue weighted by Gasteiger charge is 2.24. The third-order valence-corrected chi connectivity index (χ3v) is 6.65. The molecule has 2 amide bonds. The minimum absolute atomic E-state index is 0.0838. The lowest BCUT2D eigenvalue weighted by Gasteiger charge is -2.29. The molecule has 38 heavy (non-hydrogen) atoms. The SMILES string of the molecule is Cc1cc(C)nc(NCCC(=O)N2CCN(CC(C)C)CCCN(C(=O)CC(C)C)c3ccccc3C2)n1. The number of aryl methyl sites for hydroxylation is 2. The van der Waals surface area contributed by atoms with Crippen LogP contribution in [0.25, 0.3) is 0 Å². The van der Waals surface area contributed by atoms with Gasteiger partial charge in [0.25, 0.3) is 0 Å². The van der Waals surface area contributed by atoms with E-state index >= 15 is 0 Å². The van der Waals surface area contributed by atoms with Crippen LogP contribution in [0, 0.1) is 25.7 Å². The van der Waals surface area contributed by atoms with Crippen LogP contribution in [-0.2, 0) is 16.1 Å². The van der Waals surface area contributed by atoms with Crippen molar-refractivity contribution in [3.8, 4) is 0 Å². The van der Waals surface area contributed by atoms with Crippen molar-refractivity contribution in [3.05, 3.63) is 47.3 Å². The lowest BCUT2D eigenvalue weighted by atomic mass is 10.1. The normalized spacial score (nSPS) is 15.4. The Morgan fingerprint density at radius 3 is 2.32 bits per heavy atom. The van der Waals surface area contributed by atoms with Crippen LogP contribution >= 0.6 is 0 Å². The summed E-state index contributed by atoms with van der Waals surface area (Å²) in [7, 11) is 0. The van der Waals surface area contributed by atoms with Gasteiger partial charge in [-0.1, -0.05) is 45.9 Å². The van der Waals surface area contributed by atoms with Crippen LogP contribution in [0.2, 0.25) is 0 Å². The van der Waals surface area contributed by atoms with Crippen LogP contribution < -0.4 is 10.2 Å². The van der Waals surface area contributed by atoms with Crippen molar-refractivity contribution >= 4 is 23.5 Å². The number of carbonyl (C=O) groups is 2. The predicted octanol–water partition coefficient (Wildman–Crippen LogP) is 4.67. The largest absolute Gasteiger partial charge is 0.354 e. The summed E-state index contributed by atoms with van der Waals surface area (Å²) >= 11 is 0. The maximum atomic E-state index is 13.5. The Bertz CT molecular complexity index is 1050. The maximum absolute atomic E-state index is 13.5. The van der Waals surface area contributed by atoms with Gasteiger partial charge in [-0.25, -0.2) is 9.97 Å². The summed E-state index contributed by atoms with van der Waals surface area (Å²) in [5.74, 6) is 1.61. The number of benzene rings is 1. The topological polar surface area (TPSA) is 81.7 Å². The number of para-hydroxylation sites is 1. The fourth-order valence-electron chi connectivity index (χ4n) is 5.01. The molecule has 0 spiro atoms. The standard InChI is InChI=1S/C30H46N6O2/c1-22(2)18-29(38)36-15-9-14-34(20-23(3)4)16-17-35(21-26-10-7-8-11-27(26)36)28(37)12-13-31-30-32-24(5)19-25(6)33-30/h7-8,10-11,19,22-23H,9,12-18,20-21H2,1-6H3,(H,31,32,33). The monoisotopic (exact) mass is 522 g/mol. The third kappa shape index (κ3) is 9.08. The van der Waals surface area contributed by atoms with Gasteiger partial charge >= 0.3 is 0 Å². The van der Waals surface area contributed by atoms with E-state index in [0.717, 1.165) is 48.7 Å². The summed E-state index contributed by atoms with van der Waals surface area (Å²) in [4.78, 5) is 42.0. The molecule has 1 aliphatic rings. The lowest BCUT2D eigenvalue weighted by Crippen LogP contribution is -2.40. The first-order valence-electron chi connectivity index (χ1n) is 14.1. The maximum Gasteiger partial charge on any atom is 0.227 e. The zero-order valence-electron chi connectivity index (χ0n) is 24.2. The minimum Gasteiger partial charge on any atom is -0.354 e. The van der Waals surface area contributed by atoms with Gasteiger partial charge in [0, 0.05) is 69.2 Å². The summed E-state index contributed by atoms with van der Waals surface area (Å²) in [6.07, 6.45) is 1.76. The number of carbonyl (C=O) groups excluding carboxylic acids is 2. The van der Waals surface area contributed by atoms with E-state index in [0.29, 0.717) is 50.9 Å². The summed E-state index contributed by atoms with van der Waals surface area (Å²) in [5.41, 5.74) is 3.74. The van der Waals surface area contributed by atoms with Crippen LogP contribution in [-0.4, -0.2) is 70.9 Å². The van der Waals surface area contributed by atoms with Crippen molar-refractivity contribution in [3.63, 3.8) is 0 Å². The summed E-state index contributed by atoms with van der Waals surface area (Å²) in [5, 5.41) is 3.22. The summed E-state index contributed by atoms with van der Waals surface area (Å²) in [6, 6.07) is 9.99. The molecular weight excluding hydrogens is 476 g/mol. The molecule has 0 unspecified atom stereocenters. The number of hydrogen-bond acceptors (Lipinski definition) is 6. The summed E-state index contributed by atoms with van der Waals surface area (Å²) < 4.78 is 0. The molecule has 8 nitrogen and oxygen atoms in total. The Kier molecular flexibility index (Phi) is 11.1. The summed E-state index contributed by atoms with van der Waals surface area (Å²) in [6.45, 7) is 17.5. The molecule has 0 radical (unpaired) electrons. The fraction of sp³-hybridized carbons (Fsp3) is 0.600. The quantitative estimate of drug-likeness (QED) is 0.543. The Balaban J connectivity index is 1.81. The van der Waals surface area contributed by atoms with Crippen LogP contribution in [0.4, 0.5) is 11.6 Å². The smallest absolute Gasteiger partial charge is 0.227 e.